The number of nitro benzene ring substituents is 1. The third-order valence-corrected chi connectivity index (χ3v) is 3.10. The minimum Gasteiger partial charge on any atom is -0.502 e. The van der Waals surface area contributed by atoms with Crippen molar-refractivity contribution in [3.05, 3.63) is 45.0 Å². The van der Waals surface area contributed by atoms with Crippen LogP contribution in [0.2, 0.25) is 0 Å². The third-order valence-electron chi connectivity index (χ3n) is 2.25. The van der Waals surface area contributed by atoms with Crippen LogP contribution in [-0.4, -0.2) is 15.0 Å². The molecule has 2 aromatic rings. The maximum Gasteiger partial charge on any atom is 0.311 e. The van der Waals surface area contributed by atoms with E-state index < -0.39 is 4.92 Å². The largest absolute Gasteiger partial charge is 0.502 e. The van der Waals surface area contributed by atoms with Gasteiger partial charge in [-0.3, -0.25) is 10.1 Å². The summed E-state index contributed by atoms with van der Waals surface area (Å²) in [4.78, 5) is 14.1. The standard InChI is InChI=1S/C11H10N4O3S/c1-7-6-19-11(13-7)14-12-5-8-2-3-10(16)9(4-8)15(17)18/h2-4,6,16H,5H2,1H3. The molecule has 1 aromatic heterocycles. The van der Waals surface area contributed by atoms with Crippen LogP contribution < -0.4 is 0 Å². The van der Waals surface area contributed by atoms with E-state index in [0.717, 1.165) is 5.69 Å². The number of nitro groups is 1. The van der Waals surface area contributed by atoms with E-state index in [1.807, 2.05) is 12.3 Å². The summed E-state index contributed by atoms with van der Waals surface area (Å²) in [6.07, 6.45) is 0. The number of phenolic OH excluding ortho intramolecular Hbond substituents is 1. The predicted molar refractivity (Wildman–Crippen MR) is 69.8 cm³/mol. The highest BCUT2D eigenvalue weighted by molar-refractivity contribution is 7.13. The number of azo groups is 1. The maximum atomic E-state index is 10.7. The number of rotatable bonds is 4. The van der Waals surface area contributed by atoms with E-state index in [0.29, 0.717) is 10.7 Å². The number of benzene rings is 1. The molecule has 1 N–H and O–H groups in total. The molecule has 0 saturated heterocycles. The topological polar surface area (TPSA) is 101 Å². The van der Waals surface area contributed by atoms with E-state index in [2.05, 4.69) is 15.2 Å². The van der Waals surface area contributed by atoms with Gasteiger partial charge in [0.1, 0.15) is 0 Å². The molecular weight excluding hydrogens is 268 g/mol. The molecule has 1 aromatic carbocycles. The van der Waals surface area contributed by atoms with Gasteiger partial charge < -0.3 is 5.11 Å². The van der Waals surface area contributed by atoms with Gasteiger partial charge in [-0.15, -0.1) is 16.5 Å². The molecule has 0 aliphatic carbocycles. The van der Waals surface area contributed by atoms with Crippen LogP contribution in [0.5, 0.6) is 5.75 Å². The van der Waals surface area contributed by atoms with Gasteiger partial charge in [0.2, 0.25) is 5.13 Å². The Morgan fingerprint density at radius 3 is 2.95 bits per heavy atom. The minimum atomic E-state index is -0.639. The van der Waals surface area contributed by atoms with Gasteiger partial charge in [0.25, 0.3) is 0 Å². The van der Waals surface area contributed by atoms with Crippen LogP contribution >= 0.6 is 11.3 Å². The monoisotopic (exact) mass is 278 g/mol. The zero-order chi connectivity index (χ0) is 13.8. The molecule has 0 fully saturated rings. The van der Waals surface area contributed by atoms with Crippen LogP contribution in [0.1, 0.15) is 11.3 Å². The maximum absolute atomic E-state index is 10.7. The molecule has 98 valence electrons. The molecule has 19 heavy (non-hydrogen) atoms. The summed E-state index contributed by atoms with van der Waals surface area (Å²) in [6, 6.07) is 4.12. The highest BCUT2D eigenvalue weighted by Crippen LogP contribution is 2.27. The van der Waals surface area contributed by atoms with Gasteiger partial charge in [0.05, 0.1) is 17.2 Å². The molecule has 0 bridgehead atoms. The van der Waals surface area contributed by atoms with Crippen LogP contribution in [0, 0.1) is 17.0 Å². The lowest BCUT2D eigenvalue weighted by atomic mass is 10.2. The summed E-state index contributed by atoms with van der Waals surface area (Å²) in [5.41, 5.74) is 1.14. The van der Waals surface area contributed by atoms with Crippen molar-refractivity contribution in [2.75, 3.05) is 0 Å². The normalized spacial score (nSPS) is 11.0. The van der Waals surface area contributed by atoms with Crippen molar-refractivity contribution >= 4 is 22.2 Å². The first-order chi connectivity index (χ1) is 9.06. The van der Waals surface area contributed by atoms with Crippen molar-refractivity contribution < 1.29 is 10.0 Å². The number of aromatic hydroxyl groups is 1. The Labute approximate surface area is 112 Å². The highest BCUT2D eigenvalue weighted by Gasteiger charge is 2.13. The van der Waals surface area contributed by atoms with E-state index >= 15 is 0 Å². The van der Waals surface area contributed by atoms with Gasteiger partial charge in [0, 0.05) is 11.4 Å². The van der Waals surface area contributed by atoms with Crippen LogP contribution in [0.4, 0.5) is 10.8 Å². The summed E-state index contributed by atoms with van der Waals surface area (Å²) in [5.74, 6) is -0.360. The predicted octanol–water partition coefficient (Wildman–Crippen LogP) is 3.35. The molecule has 0 saturated carbocycles. The summed E-state index contributed by atoms with van der Waals surface area (Å²) >= 11 is 1.38. The zero-order valence-electron chi connectivity index (χ0n) is 9.98. The Hall–Kier alpha value is -2.35. The third kappa shape index (κ3) is 3.32. The lowest BCUT2D eigenvalue weighted by molar-refractivity contribution is -0.385. The fourth-order valence-electron chi connectivity index (χ4n) is 1.38. The number of nitrogens with zero attached hydrogens (tertiary/aromatic N) is 4. The van der Waals surface area contributed by atoms with E-state index in [4.69, 9.17) is 0 Å². The Balaban J connectivity index is 2.09. The molecule has 0 atom stereocenters. The molecule has 0 amide bonds. The van der Waals surface area contributed by atoms with Gasteiger partial charge >= 0.3 is 5.69 Å². The van der Waals surface area contributed by atoms with Crippen molar-refractivity contribution in [3.8, 4) is 5.75 Å². The van der Waals surface area contributed by atoms with Gasteiger partial charge in [-0.2, -0.15) is 5.11 Å². The lowest BCUT2D eigenvalue weighted by Gasteiger charge is -1.98. The van der Waals surface area contributed by atoms with Gasteiger partial charge in [-0.1, -0.05) is 6.07 Å². The van der Waals surface area contributed by atoms with E-state index in [1.54, 1.807) is 6.07 Å². The molecule has 0 aliphatic rings. The van der Waals surface area contributed by atoms with Crippen LogP contribution in [-0.2, 0) is 6.54 Å². The fraction of sp³-hybridized carbons (Fsp3) is 0.182. The molecule has 7 nitrogen and oxygen atoms in total. The fourth-order valence-corrected chi connectivity index (χ4v) is 2.01. The molecule has 0 aliphatic heterocycles. The Bertz CT molecular complexity index is 639. The van der Waals surface area contributed by atoms with Gasteiger partial charge in [0.15, 0.2) is 5.75 Å². The van der Waals surface area contributed by atoms with E-state index in [-0.39, 0.29) is 18.0 Å². The molecule has 0 spiro atoms. The number of hydrogen-bond donors (Lipinski definition) is 1. The van der Waals surface area contributed by atoms with Crippen molar-refractivity contribution in [2.45, 2.75) is 13.5 Å². The lowest BCUT2D eigenvalue weighted by Crippen LogP contribution is -1.90. The minimum absolute atomic E-state index is 0.194. The van der Waals surface area contributed by atoms with Gasteiger partial charge in [-0.05, 0) is 18.6 Å². The molecular formula is C11H10N4O3S. The van der Waals surface area contributed by atoms with E-state index in [9.17, 15) is 15.2 Å². The quantitative estimate of drug-likeness (QED) is 0.526. The van der Waals surface area contributed by atoms with Crippen LogP contribution in [0.15, 0.2) is 33.8 Å². The smallest absolute Gasteiger partial charge is 0.311 e. The summed E-state index contributed by atoms with van der Waals surface area (Å²) in [7, 11) is 0. The SMILES string of the molecule is Cc1csc(N=NCc2ccc(O)c([N+](=O)[O-])c2)n1. The molecule has 1 heterocycles. The average molecular weight is 278 g/mol. The van der Waals surface area contributed by atoms with E-state index in [1.165, 1.54) is 23.5 Å². The van der Waals surface area contributed by atoms with Crippen molar-refractivity contribution in [1.29, 1.82) is 0 Å². The Morgan fingerprint density at radius 2 is 2.32 bits per heavy atom. The number of phenols is 1. The highest BCUT2D eigenvalue weighted by atomic mass is 32.1. The summed E-state index contributed by atoms with van der Waals surface area (Å²) in [5, 5.41) is 30.2. The summed E-state index contributed by atoms with van der Waals surface area (Å²) < 4.78 is 0. The molecule has 2 rings (SSSR count). The Morgan fingerprint density at radius 1 is 1.53 bits per heavy atom. The molecule has 0 radical (unpaired) electrons. The average Bonchev–Trinajstić information content (AvgIpc) is 2.77. The number of thiazole rings is 1. The first kappa shape index (κ1) is 13.1. The first-order valence-corrected chi connectivity index (χ1v) is 6.20. The second-order valence-electron chi connectivity index (χ2n) is 3.75. The first-order valence-electron chi connectivity index (χ1n) is 5.32. The molecule has 0 unspecified atom stereocenters. The Kier molecular flexibility index (Phi) is 3.81. The summed E-state index contributed by atoms with van der Waals surface area (Å²) in [6.45, 7) is 2.05. The van der Waals surface area contributed by atoms with Crippen LogP contribution in [0.25, 0.3) is 0 Å². The van der Waals surface area contributed by atoms with Crippen molar-refractivity contribution in [3.63, 3.8) is 0 Å². The number of aryl methyl sites for hydroxylation is 1. The van der Waals surface area contributed by atoms with Gasteiger partial charge in [-0.25, -0.2) is 4.98 Å². The molecule has 8 heteroatoms. The second-order valence-corrected chi connectivity index (χ2v) is 4.59. The number of aromatic nitrogens is 1. The van der Waals surface area contributed by atoms with Crippen molar-refractivity contribution in [1.82, 2.24) is 4.98 Å². The van der Waals surface area contributed by atoms with Crippen molar-refractivity contribution in [2.24, 2.45) is 10.2 Å². The number of hydrogen-bond acceptors (Lipinski definition) is 7. The zero-order valence-corrected chi connectivity index (χ0v) is 10.8. The van der Waals surface area contributed by atoms with Crippen LogP contribution in [0.3, 0.4) is 0 Å². The second kappa shape index (κ2) is 5.53.